The molecule has 1 saturated heterocycles. The van der Waals surface area contributed by atoms with Gasteiger partial charge in [-0.2, -0.15) is 0 Å². The van der Waals surface area contributed by atoms with Crippen LogP contribution in [0.15, 0.2) is 18.2 Å². The lowest BCUT2D eigenvalue weighted by Gasteiger charge is -2.34. The van der Waals surface area contributed by atoms with Gasteiger partial charge in [-0.05, 0) is 36.1 Å². The Morgan fingerprint density at radius 3 is 2.78 bits per heavy atom. The third kappa shape index (κ3) is 2.19. The van der Waals surface area contributed by atoms with E-state index in [0.717, 1.165) is 32.1 Å². The van der Waals surface area contributed by atoms with Gasteiger partial charge in [-0.1, -0.05) is 6.92 Å². The molecular formula is C15H23N3. The van der Waals surface area contributed by atoms with Gasteiger partial charge in [-0.25, -0.2) is 0 Å². The smallest absolute Gasteiger partial charge is 0.0397 e. The number of nitrogens with one attached hydrogen (secondary N) is 1. The second-order valence-corrected chi connectivity index (χ2v) is 5.74. The summed E-state index contributed by atoms with van der Waals surface area (Å²) in [7, 11) is 2.21. The van der Waals surface area contributed by atoms with E-state index >= 15 is 0 Å². The second kappa shape index (κ2) is 4.81. The zero-order valence-electron chi connectivity index (χ0n) is 11.4. The number of hydrogen-bond acceptors (Lipinski definition) is 3. The molecule has 2 aliphatic heterocycles. The first-order valence-electron chi connectivity index (χ1n) is 7.04. The first kappa shape index (κ1) is 11.8. The molecule has 1 atom stereocenters. The largest absolute Gasteiger partial charge is 0.374 e. The van der Waals surface area contributed by atoms with E-state index in [2.05, 4.69) is 47.3 Å². The molecule has 0 amide bonds. The lowest BCUT2D eigenvalue weighted by Crippen LogP contribution is -2.43. The molecule has 0 aliphatic carbocycles. The van der Waals surface area contributed by atoms with Gasteiger partial charge in [0.2, 0.25) is 0 Å². The Bertz CT molecular complexity index is 424. The highest BCUT2D eigenvalue weighted by Crippen LogP contribution is 2.32. The van der Waals surface area contributed by atoms with Crippen LogP contribution in [0.4, 0.5) is 11.4 Å². The van der Waals surface area contributed by atoms with Crippen LogP contribution in [-0.4, -0.2) is 39.8 Å². The van der Waals surface area contributed by atoms with Crippen LogP contribution in [0.5, 0.6) is 0 Å². The molecule has 0 radical (unpaired) electrons. The van der Waals surface area contributed by atoms with Crippen molar-refractivity contribution in [2.24, 2.45) is 5.92 Å². The second-order valence-electron chi connectivity index (χ2n) is 5.74. The fourth-order valence-electron chi connectivity index (χ4n) is 3.23. The van der Waals surface area contributed by atoms with Gasteiger partial charge in [0.05, 0.1) is 0 Å². The van der Waals surface area contributed by atoms with E-state index in [1.54, 1.807) is 0 Å². The van der Waals surface area contributed by atoms with Crippen molar-refractivity contribution in [3.05, 3.63) is 23.8 Å². The van der Waals surface area contributed by atoms with Crippen molar-refractivity contribution >= 4 is 11.4 Å². The molecule has 0 saturated carbocycles. The van der Waals surface area contributed by atoms with Gasteiger partial charge in [0, 0.05) is 51.1 Å². The van der Waals surface area contributed by atoms with E-state index < -0.39 is 0 Å². The van der Waals surface area contributed by atoms with E-state index in [1.807, 2.05) is 0 Å². The first-order valence-corrected chi connectivity index (χ1v) is 7.04. The summed E-state index contributed by atoms with van der Waals surface area (Å²) in [5.74, 6) is 0.765. The molecule has 18 heavy (non-hydrogen) atoms. The van der Waals surface area contributed by atoms with Crippen LogP contribution in [0.3, 0.4) is 0 Å². The molecule has 2 aliphatic rings. The van der Waals surface area contributed by atoms with Crippen LogP contribution in [0.25, 0.3) is 0 Å². The average Bonchev–Trinajstić information content (AvgIpc) is 2.39. The van der Waals surface area contributed by atoms with Crippen LogP contribution in [0, 0.1) is 5.92 Å². The molecule has 0 spiro atoms. The van der Waals surface area contributed by atoms with Crippen molar-refractivity contribution in [2.45, 2.75) is 13.3 Å². The maximum Gasteiger partial charge on any atom is 0.0397 e. The number of nitrogens with zero attached hydrogens (tertiary/aromatic N) is 2. The predicted molar refractivity (Wildman–Crippen MR) is 77.7 cm³/mol. The third-order valence-electron chi connectivity index (χ3n) is 4.11. The van der Waals surface area contributed by atoms with Crippen molar-refractivity contribution in [1.82, 2.24) is 5.32 Å². The van der Waals surface area contributed by atoms with Crippen molar-refractivity contribution in [3.63, 3.8) is 0 Å². The summed E-state index contributed by atoms with van der Waals surface area (Å²) >= 11 is 0. The Morgan fingerprint density at radius 1 is 1.22 bits per heavy atom. The number of rotatable bonds is 1. The SMILES string of the molecule is CC1Cc2cc(N3CCNCC3)ccc2N(C)C1. The summed E-state index contributed by atoms with van der Waals surface area (Å²) in [6.45, 7) is 7.99. The minimum atomic E-state index is 0.765. The zero-order valence-corrected chi connectivity index (χ0v) is 11.4. The van der Waals surface area contributed by atoms with E-state index in [9.17, 15) is 0 Å². The molecule has 1 aromatic carbocycles. The summed E-state index contributed by atoms with van der Waals surface area (Å²) in [5, 5.41) is 3.41. The lowest BCUT2D eigenvalue weighted by molar-refractivity contribution is 0.550. The van der Waals surface area contributed by atoms with Crippen LogP contribution >= 0.6 is 0 Å². The molecule has 1 fully saturated rings. The highest BCUT2D eigenvalue weighted by molar-refractivity contribution is 5.63. The van der Waals surface area contributed by atoms with Gasteiger partial charge >= 0.3 is 0 Å². The van der Waals surface area contributed by atoms with Crippen LogP contribution in [-0.2, 0) is 6.42 Å². The van der Waals surface area contributed by atoms with Gasteiger partial charge < -0.3 is 15.1 Å². The number of fused-ring (bicyclic) bond motifs is 1. The highest BCUT2D eigenvalue weighted by atomic mass is 15.2. The molecule has 3 nitrogen and oxygen atoms in total. The summed E-state index contributed by atoms with van der Waals surface area (Å²) in [6, 6.07) is 7.00. The van der Waals surface area contributed by atoms with E-state index in [4.69, 9.17) is 0 Å². The first-order chi connectivity index (χ1) is 8.74. The Kier molecular flexibility index (Phi) is 3.16. The van der Waals surface area contributed by atoms with Gasteiger partial charge in [0.25, 0.3) is 0 Å². The van der Waals surface area contributed by atoms with Gasteiger partial charge in [0.1, 0.15) is 0 Å². The quantitative estimate of drug-likeness (QED) is 0.813. The molecule has 0 aromatic heterocycles. The molecule has 1 N–H and O–H groups in total. The van der Waals surface area contributed by atoms with Crippen LogP contribution in [0.1, 0.15) is 12.5 Å². The monoisotopic (exact) mass is 245 g/mol. The van der Waals surface area contributed by atoms with Crippen LogP contribution in [0.2, 0.25) is 0 Å². The summed E-state index contributed by atoms with van der Waals surface area (Å²) < 4.78 is 0. The zero-order chi connectivity index (χ0) is 12.5. The van der Waals surface area contributed by atoms with E-state index in [1.165, 1.54) is 29.9 Å². The molecule has 98 valence electrons. The number of benzene rings is 1. The molecule has 1 aromatic rings. The van der Waals surface area contributed by atoms with E-state index in [0.29, 0.717) is 0 Å². The topological polar surface area (TPSA) is 18.5 Å². The Morgan fingerprint density at radius 2 is 2.00 bits per heavy atom. The number of hydrogen-bond donors (Lipinski definition) is 1. The minimum absolute atomic E-state index is 0.765. The van der Waals surface area contributed by atoms with Crippen molar-refractivity contribution in [3.8, 4) is 0 Å². The normalized spacial score (nSPS) is 24.0. The Labute approximate surface area is 110 Å². The lowest BCUT2D eigenvalue weighted by atomic mass is 9.93. The summed E-state index contributed by atoms with van der Waals surface area (Å²) in [5.41, 5.74) is 4.34. The molecule has 1 unspecified atom stereocenters. The average molecular weight is 245 g/mol. The minimum Gasteiger partial charge on any atom is -0.374 e. The van der Waals surface area contributed by atoms with Gasteiger partial charge in [0.15, 0.2) is 0 Å². The molecule has 0 bridgehead atoms. The molecule has 3 heteroatoms. The maximum absolute atomic E-state index is 3.41. The van der Waals surface area contributed by atoms with E-state index in [-0.39, 0.29) is 0 Å². The van der Waals surface area contributed by atoms with Gasteiger partial charge in [-0.3, -0.25) is 0 Å². The Hall–Kier alpha value is -1.22. The summed E-state index contributed by atoms with van der Waals surface area (Å²) in [6.07, 6.45) is 1.22. The van der Waals surface area contributed by atoms with Crippen molar-refractivity contribution < 1.29 is 0 Å². The highest BCUT2D eigenvalue weighted by Gasteiger charge is 2.20. The summed E-state index contributed by atoms with van der Waals surface area (Å²) in [4.78, 5) is 4.89. The van der Waals surface area contributed by atoms with Gasteiger partial charge in [-0.15, -0.1) is 0 Å². The Balaban J connectivity index is 1.87. The molecule has 2 heterocycles. The number of piperazine rings is 1. The number of anilines is 2. The predicted octanol–water partition coefficient (Wildman–Crippen LogP) is 1.72. The van der Waals surface area contributed by atoms with Crippen LogP contribution < -0.4 is 15.1 Å². The van der Waals surface area contributed by atoms with Crippen molar-refractivity contribution in [2.75, 3.05) is 49.6 Å². The third-order valence-corrected chi connectivity index (χ3v) is 4.11. The maximum atomic E-state index is 3.41. The molecular weight excluding hydrogens is 222 g/mol. The standard InChI is InChI=1S/C15H23N3/c1-12-9-13-10-14(18-7-5-16-6-8-18)3-4-15(13)17(2)11-12/h3-4,10,12,16H,5-9,11H2,1-2H3. The van der Waals surface area contributed by atoms with Crippen molar-refractivity contribution in [1.29, 1.82) is 0 Å². The fraction of sp³-hybridized carbons (Fsp3) is 0.600. The fourth-order valence-corrected chi connectivity index (χ4v) is 3.23. The molecule has 3 rings (SSSR count).